The molecule has 1 aliphatic rings. The van der Waals surface area contributed by atoms with E-state index in [1.165, 1.54) is 18.2 Å². The number of benzene rings is 2. The Kier molecular flexibility index (Phi) is 9.29. The summed E-state index contributed by atoms with van der Waals surface area (Å²) in [5, 5.41) is 0.0746. The van der Waals surface area contributed by atoms with Crippen molar-refractivity contribution in [3.8, 4) is 0 Å². The number of guanidine groups is 1. The van der Waals surface area contributed by atoms with Crippen molar-refractivity contribution in [1.82, 2.24) is 0 Å². The van der Waals surface area contributed by atoms with Crippen LogP contribution in [0.15, 0.2) is 90.6 Å². The number of carbonyl (C=O) groups excluding carboxylic acids is 1. The van der Waals surface area contributed by atoms with Gasteiger partial charge in [0.2, 0.25) is 23.8 Å². The molecular formula is C25H24BrClF3N3O5S2. The number of allylic oxidation sites excluding steroid dienone is 1. The number of unbranched alkanes of at least 4 members (excludes halogenated alkanes) is 1. The van der Waals surface area contributed by atoms with E-state index in [-0.39, 0.29) is 27.6 Å². The van der Waals surface area contributed by atoms with E-state index >= 15 is 0 Å². The standard InChI is InChI=1S/C25H24BrClF3N3O5S2/c1-2-3-6-15-14-24(39(35,36)17-11-9-16(27)10-12-17,40(37,38)20-8-5-4-7-19(20)26)21(25(28,29)30)13-18(15)22(34)33-23(31)32/h4-5,7-13H,2-3,6,14H2,1H3,(H4,31,32,33,34). The predicted octanol–water partition coefficient (Wildman–Crippen LogP) is 5.23. The van der Waals surface area contributed by atoms with Crippen molar-refractivity contribution in [2.75, 3.05) is 0 Å². The van der Waals surface area contributed by atoms with Gasteiger partial charge in [-0.15, -0.1) is 0 Å². The molecule has 0 bridgehead atoms. The summed E-state index contributed by atoms with van der Waals surface area (Å²) in [5.41, 5.74) is 7.79. The number of nitrogens with zero attached hydrogens (tertiary/aromatic N) is 1. The van der Waals surface area contributed by atoms with Crippen LogP contribution in [0.4, 0.5) is 13.2 Å². The van der Waals surface area contributed by atoms with Crippen molar-refractivity contribution in [3.63, 3.8) is 0 Å². The minimum Gasteiger partial charge on any atom is -0.370 e. The first kappa shape index (κ1) is 31.8. The van der Waals surface area contributed by atoms with Crippen LogP contribution < -0.4 is 11.5 Å². The molecule has 0 spiro atoms. The third kappa shape index (κ3) is 5.71. The highest BCUT2D eigenvalue weighted by Crippen LogP contribution is 2.54. The Morgan fingerprint density at radius 3 is 2.17 bits per heavy atom. The lowest BCUT2D eigenvalue weighted by Crippen LogP contribution is -2.53. The number of carbonyl (C=O) groups is 1. The first-order valence-electron chi connectivity index (χ1n) is 11.7. The molecule has 0 fully saturated rings. The first-order valence-corrected chi connectivity index (χ1v) is 15.8. The molecule has 1 atom stereocenters. The summed E-state index contributed by atoms with van der Waals surface area (Å²) < 4.78 is 98.4. The van der Waals surface area contributed by atoms with E-state index in [1.807, 2.05) is 0 Å². The summed E-state index contributed by atoms with van der Waals surface area (Å²) in [6, 6.07) is 9.03. The van der Waals surface area contributed by atoms with E-state index in [1.54, 1.807) is 6.92 Å². The highest BCUT2D eigenvalue weighted by Gasteiger charge is 2.66. The van der Waals surface area contributed by atoms with Crippen LogP contribution in [0.3, 0.4) is 0 Å². The Labute approximate surface area is 243 Å². The van der Waals surface area contributed by atoms with Crippen LogP contribution in [0.25, 0.3) is 0 Å². The van der Waals surface area contributed by atoms with Gasteiger partial charge in [0.15, 0.2) is 5.96 Å². The maximum atomic E-state index is 14.9. The summed E-state index contributed by atoms with van der Waals surface area (Å²) in [4.78, 5) is 14.8. The number of hydrogen-bond acceptors (Lipinski definition) is 5. The number of alkyl halides is 3. The molecule has 0 aliphatic heterocycles. The zero-order chi connectivity index (χ0) is 30.1. The highest BCUT2D eigenvalue weighted by atomic mass is 79.9. The Morgan fingerprint density at radius 2 is 1.65 bits per heavy atom. The number of rotatable bonds is 8. The lowest BCUT2D eigenvalue weighted by molar-refractivity contribution is -0.114. The second-order valence-electron chi connectivity index (χ2n) is 8.84. The van der Waals surface area contributed by atoms with E-state index in [0.717, 1.165) is 30.3 Å². The van der Waals surface area contributed by atoms with Crippen LogP contribution in [0.2, 0.25) is 5.02 Å². The first-order chi connectivity index (χ1) is 18.5. The molecule has 0 aromatic heterocycles. The summed E-state index contributed by atoms with van der Waals surface area (Å²) in [6.45, 7) is 1.76. The Morgan fingerprint density at radius 1 is 1.05 bits per heavy atom. The quantitative estimate of drug-likeness (QED) is 0.286. The van der Waals surface area contributed by atoms with E-state index < -0.39 is 69.2 Å². The van der Waals surface area contributed by atoms with E-state index in [9.17, 15) is 34.8 Å². The van der Waals surface area contributed by atoms with Crippen molar-refractivity contribution in [1.29, 1.82) is 0 Å². The highest BCUT2D eigenvalue weighted by molar-refractivity contribution is 9.10. The predicted molar refractivity (Wildman–Crippen MR) is 149 cm³/mol. The number of hydrogen-bond donors (Lipinski definition) is 2. The zero-order valence-corrected chi connectivity index (χ0v) is 24.8. The molecule has 3 rings (SSSR count). The van der Waals surface area contributed by atoms with Gasteiger partial charge in [-0.05, 0) is 71.2 Å². The fraction of sp³-hybridized carbons (Fsp3) is 0.280. The Hall–Kier alpha value is -2.68. The Balaban J connectivity index is 2.57. The normalized spacial score (nSPS) is 18.3. The number of aliphatic imine (C=N–C) groups is 1. The van der Waals surface area contributed by atoms with Crippen LogP contribution >= 0.6 is 27.5 Å². The van der Waals surface area contributed by atoms with Crippen molar-refractivity contribution < 1.29 is 34.8 Å². The molecule has 1 aliphatic carbocycles. The van der Waals surface area contributed by atoms with Gasteiger partial charge in [-0.25, -0.2) is 16.8 Å². The van der Waals surface area contributed by atoms with E-state index in [0.29, 0.717) is 12.8 Å². The molecule has 0 radical (unpaired) electrons. The SMILES string of the molecule is CCCCC1=C(C(=O)N=C(N)N)C=C(C(F)(F)F)C(S(=O)(=O)c2ccc(Cl)cc2)(S(=O)(=O)c2ccccc2Br)C1. The van der Waals surface area contributed by atoms with Crippen LogP contribution in [0.1, 0.15) is 32.6 Å². The van der Waals surface area contributed by atoms with Crippen LogP contribution in [-0.4, -0.2) is 39.0 Å². The number of halogens is 5. The van der Waals surface area contributed by atoms with Gasteiger partial charge in [-0.1, -0.05) is 42.7 Å². The van der Waals surface area contributed by atoms with Crippen molar-refractivity contribution in [2.24, 2.45) is 16.5 Å². The van der Waals surface area contributed by atoms with Gasteiger partial charge in [0, 0.05) is 21.5 Å². The molecule has 2 aromatic rings. The summed E-state index contributed by atoms with van der Waals surface area (Å²) in [5.74, 6) is -2.00. The maximum Gasteiger partial charge on any atom is 0.415 e. The fourth-order valence-electron chi connectivity index (χ4n) is 4.40. The fourth-order valence-corrected chi connectivity index (χ4v) is 10.6. The molecule has 0 heterocycles. The second kappa shape index (κ2) is 11.7. The minimum atomic E-state index is -5.53. The topological polar surface area (TPSA) is 150 Å². The third-order valence-electron chi connectivity index (χ3n) is 6.24. The van der Waals surface area contributed by atoms with Crippen LogP contribution in [0, 0.1) is 0 Å². The third-order valence-corrected chi connectivity index (χ3v) is 13.1. The molecule has 15 heteroatoms. The van der Waals surface area contributed by atoms with E-state index in [4.69, 9.17) is 23.1 Å². The monoisotopic (exact) mass is 681 g/mol. The summed E-state index contributed by atoms with van der Waals surface area (Å²) in [7, 11) is -10.8. The van der Waals surface area contributed by atoms with Gasteiger partial charge in [0.05, 0.1) is 15.4 Å². The smallest absolute Gasteiger partial charge is 0.370 e. The summed E-state index contributed by atoms with van der Waals surface area (Å²) in [6.07, 6.45) is -5.79. The maximum absolute atomic E-state index is 14.9. The van der Waals surface area contributed by atoms with Gasteiger partial charge in [0.25, 0.3) is 5.91 Å². The molecule has 216 valence electrons. The Bertz CT molecular complexity index is 1630. The van der Waals surface area contributed by atoms with Crippen LogP contribution in [0.5, 0.6) is 0 Å². The number of nitrogens with two attached hydrogens (primary N) is 2. The molecule has 0 saturated heterocycles. The number of amides is 1. The van der Waals surface area contributed by atoms with Gasteiger partial charge in [-0.3, -0.25) is 4.79 Å². The van der Waals surface area contributed by atoms with Gasteiger partial charge >= 0.3 is 6.18 Å². The molecule has 1 amide bonds. The molecule has 0 saturated carbocycles. The van der Waals surface area contributed by atoms with Crippen molar-refractivity contribution in [2.45, 2.75) is 52.7 Å². The molecule has 1 unspecified atom stereocenters. The lowest BCUT2D eigenvalue weighted by Gasteiger charge is -2.39. The second-order valence-corrected chi connectivity index (χ2v) is 14.7. The van der Waals surface area contributed by atoms with E-state index in [2.05, 4.69) is 20.9 Å². The zero-order valence-electron chi connectivity index (χ0n) is 20.9. The molecule has 4 N–H and O–H groups in total. The average molecular weight is 683 g/mol. The summed E-state index contributed by atoms with van der Waals surface area (Å²) >= 11 is 8.92. The van der Waals surface area contributed by atoms with Crippen LogP contribution in [-0.2, 0) is 24.5 Å². The largest absolute Gasteiger partial charge is 0.415 e. The van der Waals surface area contributed by atoms with Gasteiger partial charge in [-0.2, -0.15) is 18.2 Å². The minimum absolute atomic E-state index is 0.0746. The molecular weight excluding hydrogens is 659 g/mol. The number of sulfone groups is 2. The molecule has 40 heavy (non-hydrogen) atoms. The average Bonchev–Trinajstić information content (AvgIpc) is 2.86. The van der Waals surface area contributed by atoms with Gasteiger partial charge < -0.3 is 11.5 Å². The molecule has 2 aromatic carbocycles. The van der Waals surface area contributed by atoms with Crippen molar-refractivity contribution in [3.05, 3.63) is 80.8 Å². The van der Waals surface area contributed by atoms with Crippen molar-refractivity contribution >= 4 is 59.1 Å². The van der Waals surface area contributed by atoms with Gasteiger partial charge in [0.1, 0.15) is 0 Å². The molecule has 8 nitrogen and oxygen atoms in total. The lowest BCUT2D eigenvalue weighted by atomic mass is 9.87.